The van der Waals surface area contributed by atoms with Gasteiger partial charge in [-0.15, -0.1) is 0 Å². The van der Waals surface area contributed by atoms with E-state index >= 15 is 0 Å². The van der Waals surface area contributed by atoms with Crippen LogP contribution in [0.3, 0.4) is 0 Å². The van der Waals surface area contributed by atoms with Gasteiger partial charge in [-0.1, -0.05) is 37.6 Å². The Morgan fingerprint density at radius 2 is 1.55 bits per heavy atom. The summed E-state index contributed by atoms with van der Waals surface area (Å²) in [5.41, 5.74) is 2.39. The van der Waals surface area contributed by atoms with Crippen molar-refractivity contribution in [3.8, 4) is 5.75 Å². The van der Waals surface area contributed by atoms with Gasteiger partial charge in [-0.3, -0.25) is 0 Å². The minimum absolute atomic E-state index is 0.888. The molecule has 0 aliphatic carbocycles. The molecule has 1 aromatic heterocycles. The van der Waals surface area contributed by atoms with Crippen molar-refractivity contribution < 1.29 is 9.30 Å². The lowest BCUT2D eigenvalue weighted by molar-refractivity contribution is -0.697. The van der Waals surface area contributed by atoms with E-state index in [2.05, 4.69) is 60.3 Å². The van der Waals surface area contributed by atoms with E-state index in [0.717, 1.165) is 12.3 Å². The van der Waals surface area contributed by atoms with Crippen LogP contribution in [0.5, 0.6) is 5.75 Å². The van der Waals surface area contributed by atoms with Crippen LogP contribution < -0.4 is 9.30 Å². The molecule has 0 radical (unpaired) electrons. The standard InChI is InChI=1S/C18H22NO/c1-3-4-13-19-14-11-17(12-15-19)6-5-16-7-9-18(20-2)10-8-16/h5-12,14-15H,3-4,13H2,1-2H3/q+1/b6-5+. The highest BCUT2D eigenvalue weighted by Crippen LogP contribution is 2.13. The highest BCUT2D eigenvalue weighted by atomic mass is 16.5. The first-order chi connectivity index (χ1) is 9.81. The zero-order valence-corrected chi connectivity index (χ0v) is 12.3. The Labute approximate surface area is 121 Å². The molecular weight excluding hydrogens is 246 g/mol. The van der Waals surface area contributed by atoms with Crippen molar-refractivity contribution in [2.75, 3.05) is 7.11 Å². The van der Waals surface area contributed by atoms with E-state index in [4.69, 9.17) is 4.74 Å². The number of hydrogen-bond donors (Lipinski definition) is 0. The molecule has 0 bridgehead atoms. The van der Waals surface area contributed by atoms with Crippen LogP contribution in [-0.4, -0.2) is 7.11 Å². The lowest BCUT2D eigenvalue weighted by Crippen LogP contribution is -2.32. The van der Waals surface area contributed by atoms with Gasteiger partial charge in [0.05, 0.1) is 7.11 Å². The second kappa shape index (κ2) is 7.49. The first-order valence-corrected chi connectivity index (χ1v) is 7.13. The Kier molecular flexibility index (Phi) is 5.36. The third-order valence-corrected chi connectivity index (χ3v) is 3.27. The third kappa shape index (κ3) is 4.23. The zero-order chi connectivity index (χ0) is 14.2. The largest absolute Gasteiger partial charge is 0.497 e. The highest BCUT2D eigenvalue weighted by Gasteiger charge is 1.98. The van der Waals surface area contributed by atoms with Crippen LogP contribution in [0, 0.1) is 0 Å². The van der Waals surface area contributed by atoms with Crippen molar-refractivity contribution in [1.29, 1.82) is 0 Å². The van der Waals surface area contributed by atoms with Gasteiger partial charge < -0.3 is 4.74 Å². The summed E-state index contributed by atoms with van der Waals surface area (Å²) < 4.78 is 7.38. The summed E-state index contributed by atoms with van der Waals surface area (Å²) in [6.45, 7) is 3.31. The topological polar surface area (TPSA) is 13.1 Å². The predicted octanol–water partition coefficient (Wildman–Crippen LogP) is 3.95. The number of rotatable bonds is 6. The van der Waals surface area contributed by atoms with E-state index in [1.165, 1.54) is 24.0 Å². The predicted molar refractivity (Wildman–Crippen MR) is 83.5 cm³/mol. The molecule has 0 aliphatic heterocycles. The molecule has 0 atom stereocenters. The first kappa shape index (κ1) is 14.3. The Morgan fingerprint density at radius 3 is 2.10 bits per heavy atom. The maximum atomic E-state index is 5.15. The molecular formula is C18H22NO+. The van der Waals surface area contributed by atoms with Crippen molar-refractivity contribution in [2.45, 2.75) is 26.3 Å². The number of hydrogen-bond acceptors (Lipinski definition) is 1. The fraction of sp³-hybridized carbons (Fsp3) is 0.278. The molecule has 0 aliphatic rings. The summed E-state index contributed by atoms with van der Waals surface area (Å²) in [7, 11) is 1.68. The molecule has 0 unspecified atom stereocenters. The molecule has 2 aromatic rings. The SMILES string of the molecule is CCCC[n+]1ccc(/C=C/c2ccc(OC)cc2)cc1. The van der Waals surface area contributed by atoms with Crippen LogP contribution in [0.4, 0.5) is 0 Å². The fourth-order valence-electron chi connectivity index (χ4n) is 1.98. The number of nitrogens with zero attached hydrogens (tertiary/aromatic N) is 1. The number of ether oxygens (including phenoxy) is 1. The summed E-state index contributed by atoms with van der Waals surface area (Å²) >= 11 is 0. The summed E-state index contributed by atoms with van der Waals surface area (Å²) in [4.78, 5) is 0. The number of aromatic nitrogens is 1. The monoisotopic (exact) mass is 268 g/mol. The first-order valence-electron chi connectivity index (χ1n) is 7.13. The van der Waals surface area contributed by atoms with Gasteiger partial charge in [0.25, 0.3) is 0 Å². The van der Waals surface area contributed by atoms with Gasteiger partial charge in [-0.25, -0.2) is 4.57 Å². The molecule has 0 fully saturated rings. The molecule has 0 saturated heterocycles. The summed E-state index contributed by atoms with van der Waals surface area (Å²) in [6.07, 6.45) is 11.0. The minimum Gasteiger partial charge on any atom is -0.497 e. The van der Waals surface area contributed by atoms with Crippen LogP contribution in [0.2, 0.25) is 0 Å². The molecule has 2 rings (SSSR count). The number of unbranched alkanes of at least 4 members (excludes halogenated alkanes) is 1. The summed E-state index contributed by atoms with van der Waals surface area (Å²) in [5, 5.41) is 0. The molecule has 0 spiro atoms. The van der Waals surface area contributed by atoms with E-state index in [1.807, 2.05) is 12.1 Å². The lowest BCUT2D eigenvalue weighted by Gasteiger charge is -1.99. The van der Waals surface area contributed by atoms with Gasteiger partial charge >= 0.3 is 0 Å². The van der Waals surface area contributed by atoms with Gasteiger partial charge in [0.2, 0.25) is 0 Å². The molecule has 1 heterocycles. The Balaban J connectivity index is 1.99. The van der Waals surface area contributed by atoms with Crippen LogP contribution >= 0.6 is 0 Å². The van der Waals surface area contributed by atoms with E-state index in [-0.39, 0.29) is 0 Å². The average molecular weight is 268 g/mol. The third-order valence-electron chi connectivity index (χ3n) is 3.27. The molecule has 1 aromatic carbocycles. The number of benzene rings is 1. The molecule has 20 heavy (non-hydrogen) atoms. The van der Waals surface area contributed by atoms with E-state index in [0.29, 0.717) is 0 Å². The summed E-state index contributed by atoms with van der Waals surface area (Å²) in [5.74, 6) is 0.888. The minimum atomic E-state index is 0.888. The molecule has 0 amide bonds. The number of pyridine rings is 1. The van der Waals surface area contributed by atoms with Crippen molar-refractivity contribution in [3.63, 3.8) is 0 Å². The number of methoxy groups -OCH3 is 1. The Morgan fingerprint density at radius 1 is 0.950 bits per heavy atom. The molecule has 104 valence electrons. The van der Waals surface area contributed by atoms with Gasteiger partial charge in [0, 0.05) is 18.6 Å². The van der Waals surface area contributed by atoms with Crippen LogP contribution in [0.25, 0.3) is 12.2 Å². The van der Waals surface area contributed by atoms with Crippen molar-refractivity contribution in [3.05, 3.63) is 59.9 Å². The van der Waals surface area contributed by atoms with Gasteiger partial charge in [-0.05, 0) is 23.3 Å². The van der Waals surface area contributed by atoms with Crippen LogP contribution in [0.1, 0.15) is 30.9 Å². The molecule has 2 nitrogen and oxygen atoms in total. The second-order valence-corrected chi connectivity index (χ2v) is 4.83. The number of aryl methyl sites for hydroxylation is 1. The van der Waals surface area contributed by atoms with E-state index in [9.17, 15) is 0 Å². The average Bonchev–Trinajstić information content (AvgIpc) is 2.52. The quantitative estimate of drug-likeness (QED) is 0.723. The maximum Gasteiger partial charge on any atom is 0.169 e. The van der Waals surface area contributed by atoms with Gasteiger partial charge in [0.1, 0.15) is 12.3 Å². The smallest absolute Gasteiger partial charge is 0.169 e. The molecule has 2 heteroatoms. The lowest BCUT2D eigenvalue weighted by atomic mass is 10.1. The van der Waals surface area contributed by atoms with Crippen molar-refractivity contribution >= 4 is 12.2 Å². The van der Waals surface area contributed by atoms with Crippen LogP contribution in [0.15, 0.2) is 48.8 Å². The second-order valence-electron chi connectivity index (χ2n) is 4.83. The molecule has 0 saturated carbocycles. The normalized spacial score (nSPS) is 10.9. The Bertz CT molecular complexity index is 541. The fourth-order valence-corrected chi connectivity index (χ4v) is 1.98. The van der Waals surface area contributed by atoms with E-state index < -0.39 is 0 Å². The van der Waals surface area contributed by atoms with E-state index in [1.54, 1.807) is 7.11 Å². The van der Waals surface area contributed by atoms with Crippen LogP contribution in [-0.2, 0) is 6.54 Å². The zero-order valence-electron chi connectivity index (χ0n) is 12.3. The van der Waals surface area contributed by atoms with Gasteiger partial charge in [0.15, 0.2) is 12.4 Å². The summed E-state index contributed by atoms with van der Waals surface area (Å²) in [6, 6.07) is 12.4. The highest BCUT2D eigenvalue weighted by molar-refractivity contribution is 5.69. The Hall–Kier alpha value is -2.09. The van der Waals surface area contributed by atoms with Gasteiger partial charge in [-0.2, -0.15) is 0 Å². The maximum absolute atomic E-state index is 5.15. The molecule has 0 N–H and O–H groups in total. The van der Waals surface area contributed by atoms with Crippen molar-refractivity contribution in [2.24, 2.45) is 0 Å². The van der Waals surface area contributed by atoms with Crippen molar-refractivity contribution in [1.82, 2.24) is 0 Å².